The Morgan fingerprint density at radius 3 is 2.72 bits per heavy atom. The molecule has 0 unspecified atom stereocenters. The Bertz CT molecular complexity index is 792. The van der Waals surface area contributed by atoms with Crippen molar-refractivity contribution < 1.29 is 14.6 Å². The van der Waals surface area contributed by atoms with Crippen LogP contribution in [0.2, 0.25) is 0 Å². The number of nitrogens with zero attached hydrogens (tertiary/aromatic N) is 2. The van der Waals surface area contributed by atoms with E-state index < -0.39 is 6.10 Å². The summed E-state index contributed by atoms with van der Waals surface area (Å²) in [5, 5.41) is 11.0. The minimum absolute atomic E-state index is 0.247. The standard InChI is InChI=1S/C19H20N2O3S/c1-23-18-9-5-6-15(12-18)21-11-10-20-19(21)25-14-16(22)13-24-17-7-3-2-4-8-17/h2-12,16,22H,13-14H2,1H3/t16-/m0/s1. The van der Waals surface area contributed by atoms with Crippen LogP contribution in [0.25, 0.3) is 5.69 Å². The van der Waals surface area contributed by atoms with Crippen LogP contribution >= 0.6 is 11.8 Å². The fourth-order valence-electron chi connectivity index (χ4n) is 2.28. The van der Waals surface area contributed by atoms with E-state index in [1.54, 1.807) is 13.3 Å². The Kier molecular flexibility index (Phi) is 5.98. The van der Waals surface area contributed by atoms with Gasteiger partial charge in [-0.1, -0.05) is 36.0 Å². The molecule has 0 aliphatic carbocycles. The summed E-state index contributed by atoms with van der Waals surface area (Å²) in [7, 11) is 1.64. The first-order valence-electron chi connectivity index (χ1n) is 7.93. The largest absolute Gasteiger partial charge is 0.497 e. The van der Waals surface area contributed by atoms with Gasteiger partial charge in [0.1, 0.15) is 18.1 Å². The third kappa shape index (κ3) is 4.78. The Morgan fingerprint density at radius 2 is 1.92 bits per heavy atom. The lowest BCUT2D eigenvalue weighted by Gasteiger charge is -2.13. The Hall–Kier alpha value is -2.44. The number of imidazole rings is 1. The molecule has 0 fully saturated rings. The van der Waals surface area contributed by atoms with E-state index in [4.69, 9.17) is 9.47 Å². The maximum absolute atomic E-state index is 10.2. The quantitative estimate of drug-likeness (QED) is 0.627. The van der Waals surface area contributed by atoms with Gasteiger partial charge in [0.25, 0.3) is 0 Å². The zero-order valence-electron chi connectivity index (χ0n) is 13.9. The number of aliphatic hydroxyl groups excluding tert-OH is 1. The second-order valence-corrected chi connectivity index (χ2v) is 6.36. The summed E-state index contributed by atoms with van der Waals surface area (Å²) in [6.07, 6.45) is 3.05. The number of aliphatic hydroxyl groups is 1. The van der Waals surface area contributed by atoms with E-state index in [9.17, 15) is 5.11 Å². The van der Waals surface area contributed by atoms with Gasteiger partial charge < -0.3 is 14.6 Å². The maximum Gasteiger partial charge on any atom is 0.172 e. The molecule has 0 aliphatic heterocycles. The highest BCUT2D eigenvalue weighted by Crippen LogP contribution is 2.23. The van der Waals surface area contributed by atoms with Crippen LogP contribution in [-0.4, -0.2) is 40.2 Å². The molecule has 1 aromatic heterocycles. The minimum atomic E-state index is -0.583. The molecule has 0 saturated carbocycles. The van der Waals surface area contributed by atoms with Crippen molar-refractivity contribution in [2.24, 2.45) is 0 Å². The van der Waals surface area contributed by atoms with Crippen molar-refractivity contribution in [2.45, 2.75) is 11.3 Å². The maximum atomic E-state index is 10.2. The van der Waals surface area contributed by atoms with Crippen molar-refractivity contribution in [1.82, 2.24) is 9.55 Å². The van der Waals surface area contributed by atoms with Gasteiger partial charge in [0.05, 0.1) is 18.9 Å². The predicted octanol–water partition coefficient (Wildman–Crippen LogP) is 3.41. The molecule has 3 rings (SSSR count). The molecule has 0 aliphatic rings. The average Bonchev–Trinajstić information content (AvgIpc) is 3.14. The summed E-state index contributed by atoms with van der Waals surface area (Å²) < 4.78 is 12.8. The Labute approximate surface area is 151 Å². The van der Waals surface area contributed by atoms with E-state index in [0.717, 1.165) is 22.3 Å². The van der Waals surface area contributed by atoms with Crippen LogP contribution in [0.1, 0.15) is 0 Å². The first kappa shape index (κ1) is 17.4. The molecule has 1 N–H and O–H groups in total. The van der Waals surface area contributed by atoms with Gasteiger partial charge in [-0.05, 0) is 24.3 Å². The molecule has 0 radical (unpaired) electrons. The van der Waals surface area contributed by atoms with Crippen molar-refractivity contribution in [3.05, 3.63) is 67.0 Å². The fraction of sp³-hybridized carbons (Fsp3) is 0.211. The second-order valence-electron chi connectivity index (χ2n) is 5.37. The Morgan fingerprint density at radius 1 is 1.12 bits per heavy atom. The van der Waals surface area contributed by atoms with Gasteiger partial charge in [0, 0.05) is 24.2 Å². The van der Waals surface area contributed by atoms with Gasteiger partial charge in [0.2, 0.25) is 0 Å². The highest BCUT2D eigenvalue weighted by molar-refractivity contribution is 7.99. The summed E-state index contributed by atoms with van der Waals surface area (Å²) in [5.41, 5.74) is 0.967. The zero-order valence-corrected chi connectivity index (χ0v) is 14.7. The van der Waals surface area contributed by atoms with Crippen LogP contribution in [-0.2, 0) is 0 Å². The van der Waals surface area contributed by atoms with E-state index in [0.29, 0.717) is 5.75 Å². The highest BCUT2D eigenvalue weighted by Gasteiger charge is 2.11. The number of hydrogen-bond donors (Lipinski definition) is 1. The number of methoxy groups -OCH3 is 1. The van der Waals surface area contributed by atoms with Crippen molar-refractivity contribution in [3.63, 3.8) is 0 Å². The molecule has 1 atom stereocenters. The lowest BCUT2D eigenvalue weighted by molar-refractivity contribution is 0.126. The highest BCUT2D eigenvalue weighted by atomic mass is 32.2. The molecular formula is C19H20N2O3S. The van der Waals surface area contributed by atoms with E-state index in [1.165, 1.54) is 11.8 Å². The summed E-state index contributed by atoms with van der Waals surface area (Å²) in [4.78, 5) is 4.37. The summed E-state index contributed by atoms with van der Waals surface area (Å²) in [6.45, 7) is 0.247. The third-order valence-corrected chi connectivity index (χ3v) is 4.64. The molecule has 3 aromatic rings. The third-order valence-electron chi connectivity index (χ3n) is 3.53. The molecule has 0 spiro atoms. The van der Waals surface area contributed by atoms with Crippen LogP contribution in [0.15, 0.2) is 72.1 Å². The minimum Gasteiger partial charge on any atom is -0.497 e. The fourth-order valence-corrected chi connectivity index (χ4v) is 3.16. The predicted molar refractivity (Wildman–Crippen MR) is 98.8 cm³/mol. The van der Waals surface area contributed by atoms with Crippen LogP contribution in [0, 0.1) is 0 Å². The van der Waals surface area contributed by atoms with E-state index >= 15 is 0 Å². The van der Waals surface area contributed by atoms with E-state index in [1.807, 2.05) is 65.4 Å². The topological polar surface area (TPSA) is 56.5 Å². The average molecular weight is 356 g/mol. The number of ether oxygens (including phenoxy) is 2. The molecule has 0 amide bonds. The number of hydrogen-bond acceptors (Lipinski definition) is 5. The van der Waals surface area contributed by atoms with Crippen LogP contribution in [0.4, 0.5) is 0 Å². The second kappa shape index (κ2) is 8.60. The molecular weight excluding hydrogens is 336 g/mol. The van der Waals surface area contributed by atoms with Gasteiger partial charge >= 0.3 is 0 Å². The molecule has 130 valence electrons. The summed E-state index contributed by atoms with van der Waals surface area (Å²) in [5.74, 6) is 2.04. The van der Waals surface area contributed by atoms with Gasteiger partial charge in [-0.3, -0.25) is 4.57 Å². The molecule has 0 saturated heterocycles. The van der Waals surface area contributed by atoms with Gasteiger partial charge in [0.15, 0.2) is 5.16 Å². The molecule has 0 bridgehead atoms. The van der Waals surface area contributed by atoms with E-state index in [-0.39, 0.29) is 6.61 Å². The van der Waals surface area contributed by atoms with Crippen LogP contribution < -0.4 is 9.47 Å². The smallest absolute Gasteiger partial charge is 0.172 e. The lowest BCUT2D eigenvalue weighted by atomic mass is 10.3. The van der Waals surface area contributed by atoms with Crippen molar-refractivity contribution in [2.75, 3.05) is 19.5 Å². The first-order chi connectivity index (χ1) is 12.3. The van der Waals surface area contributed by atoms with Crippen molar-refractivity contribution >= 4 is 11.8 Å². The number of benzene rings is 2. The van der Waals surface area contributed by atoms with Gasteiger partial charge in [-0.15, -0.1) is 0 Å². The number of rotatable bonds is 8. The van der Waals surface area contributed by atoms with E-state index in [2.05, 4.69) is 4.98 Å². The van der Waals surface area contributed by atoms with Crippen LogP contribution in [0.3, 0.4) is 0 Å². The molecule has 5 nitrogen and oxygen atoms in total. The molecule has 2 aromatic carbocycles. The van der Waals surface area contributed by atoms with Crippen molar-refractivity contribution in [3.8, 4) is 17.2 Å². The van der Waals surface area contributed by atoms with Gasteiger partial charge in [-0.2, -0.15) is 0 Å². The normalized spacial score (nSPS) is 11.9. The number of aromatic nitrogens is 2. The molecule has 25 heavy (non-hydrogen) atoms. The molecule has 6 heteroatoms. The number of para-hydroxylation sites is 1. The molecule has 1 heterocycles. The monoisotopic (exact) mass is 356 g/mol. The van der Waals surface area contributed by atoms with Crippen LogP contribution in [0.5, 0.6) is 11.5 Å². The van der Waals surface area contributed by atoms with Gasteiger partial charge in [-0.25, -0.2) is 4.98 Å². The zero-order chi connectivity index (χ0) is 17.5. The summed E-state index contributed by atoms with van der Waals surface area (Å²) in [6, 6.07) is 17.2. The summed E-state index contributed by atoms with van der Waals surface area (Å²) >= 11 is 1.49. The number of thioether (sulfide) groups is 1. The first-order valence-corrected chi connectivity index (χ1v) is 8.91. The van der Waals surface area contributed by atoms with Crippen molar-refractivity contribution in [1.29, 1.82) is 0 Å². The SMILES string of the molecule is COc1cccc(-n2ccnc2SC[C@@H](O)COc2ccccc2)c1. The lowest BCUT2D eigenvalue weighted by Crippen LogP contribution is -2.20. The Balaban J connectivity index is 1.57.